The predicted molar refractivity (Wildman–Crippen MR) is 84.2 cm³/mol. The van der Waals surface area contributed by atoms with Crippen molar-refractivity contribution in [2.75, 3.05) is 19.6 Å². The first-order valence-electron chi connectivity index (χ1n) is 6.86. The molecule has 3 nitrogen and oxygen atoms in total. The van der Waals surface area contributed by atoms with Crippen molar-refractivity contribution in [1.82, 2.24) is 10.2 Å². The summed E-state index contributed by atoms with van der Waals surface area (Å²) in [5, 5.41) is 3.43. The molecule has 2 saturated heterocycles. The van der Waals surface area contributed by atoms with Crippen LogP contribution in [0.2, 0.25) is 0 Å². The van der Waals surface area contributed by atoms with E-state index >= 15 is 0 Å². The van der Waals surface area contributed by atoms with Gasteiger partial charge < -0.3 is 10.2 Å². The van der Waals surface area contributed by atoms with Crippen molar-refractivity contribution in [3.63, 3.8) is 0 Å². The highest BCUT2D eigenvalue weighted by Crippen LogP contribution is 2.33. The standard InChI is InChI=1S/C15H19IN2O/c1-9-4-3-5-12(14(9)16)15(19)18-8-11-6-17-7-13(11)10(18)2/h3-5,10-11,13,17H,6-8H2,1-2H3. The van der Waals surface area contributed by atoms with Crippen LogP contribution < -0.4 is 5.32 Å². The van der Waals surface area contributed by atoms with Crippen molar-refractivity contribution in [1.29, 1.82) is 0 Å². The van der Waals surface area contributed by atoms with Crippen LogP contribution in [0.1, 0.15) is 22.8 Å². The van der Waals surface area contributed by atoms with Gasteiger partial charge in [-0.15, -0.1) is 0 Å². The summed E-state index contributed by atoms with van der Waals surface area (Å²) >= 11 is 2.29. The molecule has 3 atom stereocenters. The minimum Gasteiger partial charge on any atom is -0.335 e. The number of nitrogens with zero attached hydrogens (tertiary/aromatic N) is 1. The van der Waals surface area contributed by atoms with Crippen molar-refractivity contribution in [2.45, 2.75) is 19.9 Å². The molecular formula is C15H19IN2O. The van der Waals surface area contributed by atoms with E-state index in [1.807, 2.05) is 12.1 Å². The molecule has 0 aromatic heterocycles. The molecule has 3 unspecified atom stereocenters. The molecule has 1 N–H and O–H groups in total. The van der Waals surface area contributed by atoms with Gasteiger partial charge in [0.15, 0.2) is 0 Å². The van der Waals surface area contributed by atoms with Crippen LogP contribution in [0.25, 0.3) is 0 Å². The van der Waals surface area contributed by atoms with Crippen molar-refractivity contribution in [3.05, 3.63) is 32.9 Å². The Morgan fingerprint density at radius 1 is 1.42 bits per heavy atom. The lowest BCUT2D eigenvalue weighted by Gasteiger charge is -2.25. The lowest BCUT2D eigenvalue weighted by molar-refractivity contribution is 0.0727. The second kappa shape index (κ2) is 5.05. The van der Waals surface area contributed by atoms with Crippen LogP contribution in [0.5, 0.6) is 0 Å². The van der Waals surface area contributed by atoms with Gasteiger partial charge in [-0.3, -0.25) is 4.79 Å². The number of hydrogen-bond acceptors (Lipinski definition) is 2. The average molecular weight is 370 g/mol. The van der Waals surface area contributed by atoms with E-state index in [2.05, 4.69) is 52.7 Å². The van der Waals surface area contributed by atoms with E-state index < -0.39 is 0 Å². The Hall–Kier alpha value is -0.620. The molecule has 2 aliphatic heterocycles. The quantitative estimate of drug-likeness (QED) is 0.770. The molecule has 1 aromatic rings. The zero-order valence-corrected chi connectivity index (χ0v) is 13.5. The summed E-state index contributed by atoms with van der Waals surface area (Å²) in [6.07, 6.45) is 0. The van der Waals surface area contributed by atoms with Crippen molar-refractivity contribution in [2.24, 2.45) is 11.8 Å². The van der Waals surface area contributed by atoms with Gasteiger partial charge in [0.1, 0.15) is 0 Å². The van der Waals surface area contributed by atoms with Crippen LogP contribution in [0.15, 0.2) is 18.2 Å². The van der Waals surface area contributed by atoms with Gasteiger partial charge in [0, 0.05) is 29.2 Å². The van der Waals surface area contributed by atoms with E-state index in [9.17, 15) is 4.79 Å². The van der Waals surface area contributed by atoms with Gasteiger partial charge in [-0.1, -0.05) is 12.1 Å². The number of hydrogen-bond donors (Lipinski definition) is 1. The molecule has 1 aromatic carbocycles. The van der Waals surface area contributed by atoms with E-state index in [-0.39, 0.29) is 5.91 Å². The van der Waals surface area contributed by atoms with Crippen molar-refractivity contribution in [3.8, 4) is 0 Å². The van der Waals surface area contributed by atoms with Gasteiger partial charge in [0.2, 0.25) is 0 Å². The maximum Gasteiger partial charge on any atom is 0.255 e. The first kappa shape index (κ1) is 13.4. The molecule has 0 spiro atoms. The molecule has 2 heterocycles. The number of halogens is 1. The second-order valence-corrected chi connectivity index (χ2v) is 6.80. The Morgan fingerprint density at radius 2 is 2.21 bits per heavy atom. The molecule has 1 amide bonds. The summed E-state index contributed by atoms with van der Waals surface area (Å²) < 4.78 is 1.09. The fourth-order valence-corrected chi connectivity index (χ4v) is 3.99. The largest absolute Gasteiger partial charge is 0.335 e. The van der Waals surface area contributed by atoms with E-state index in [0.29, 0.717) is 17.9 Å². The molecule has 2 aliphatic rings. The van der Waals surface area contributed by atoms with E-state index in [1.165, 1.54) is 5.56 Å². The van der Waals surface area contributed by atoms with E-state index in [1.54, 1.807) is 0 Å². The zero-order chi connectivity index (χ0) is 13.6. The molecule has 19 heavy (non-hydrogen) atoms. The summed E-state index contributed by atoms with van der Waals surface area (Å²) in [6, 6.07) is 6.35. The highest BCUT2D eigenvalue weighted by molar-refractivity contribution is 14.1. The average Bonchev–Trinajstić information content (AvgIpc) is 2.96. The third-order valence-corrected chi connectivity index (χ3v) is 6.05. The number of benzene rings is 1. The number of fused-ring (bicyclic) bond motifs is 1. The van der Waals surface area contributed by atoms with Gasteiger partial charge in [-0.25, -0.2) is 0 Å². The van der Waals surface area contributed by atoms with Crippen LogP contribution in [0.4, 0.5) is 0 Å². The summed E-state index contributed by atoms with van der Waals surface area (Å²) in [5.41, 5.74) is 2.04. The van der Waals surface area contributed by atoms with Crippen LogP contribution in [0, 0.1) is 22.3 Å². The molecule has 0 saturated carbocycles. The smallest absolute Gasteiger partial charge is 0.255 e. The maximum absolute atomic E-state index is 12.8. The molecule has 102 valence electrons. The molecule has 0 radical (unpaired) electrons. The highest BCUT2D eigenvalue weighted by Gasteiger charge is 2.44. The number of likely N-dealkylation sites (tertiary alicyclic amines) is 1. The predicted octanol–water partition coefficient (Wildman–Crippen LogP) is 2.28. The van der Waals surface area contributed by atoms with Crippen molar-refractivity contribution < 1.29 is 4.79 Å². The number of carbonyl (C=O) groups is 1. The van der Waals surface area contributed by atoms with Gasteiger partial charge in [-0.05, 0) is 59.9 Å². The van der Waals surface area contributed by atoms with E-state index in [4.69, 9.17) is 0 Å². The Kier molecular flexibility index (Phi) is 3.55. The maximum atomic E-state index is 12.8. The van der Waals surface area contributed by atoms with Gasteiger partial charge in [0.25, 0.3) is 5.91 Å². The second-order valence-electron chi connectivity index (χ2n) is 5.72. The van der Waals surface area contributed by atoms with Gasteiger partial charge >= 0.3 is 0 Å². The normalized spacial score (nSPS) is 29.6. The number of nitrogens with one attached hydrogen (secondary N) is 1. The lowest BCUT2D eigenvalue weighted by atomic mass is 9.95. The third kappa shape index (κ3) is 2.18. The number of rotatable bonds is 1. The SMILES string of the molecule is Cc1cccc(C(=O)N2CC3CNCC3C2C)c1I. The molecule has 3 rings (SSSR count). The monoisotopic (exact) mass is 370 g/mol. The summed E-state index contributed by atoms with van der Waals surface area (Å²) in [4.78, 5) is 14.8. The fraction of sp³-hybridized carbons (Fsp3) is 0.533. The summed E-state index contributed by atoms with van der Waals surface area (Å²) in [5.74, 6) is 1.47. The minimum atomic E-state index is 0.204. The molecule has 4 heteroatoms. The fourth-order valence-electron chi connectivity index (χ4n) is 3.40. The minimum absolute atomic E-state index is 0.204. The Bertz CT molecular complexity index is 517. The first-order valence-corrected chi connectivity index (χ1v) is 7.94. The Balaban J connectivity index is 1.87. The topological polar surface area (TPSA) is 32.3 Å². The summed E-state index contributed by atoms with van der Waals surface area (Å²) in [7, 11) is 0. The van der Waals surface area contributed by atoms with Crippen LogP contribution >= 0.6 is 22.6 Å². The number of amides is 1. The van der Waals surface area contributed by atoms with Gasteiger partial charge in [-0.2, -0.15) is 0 Å². The first-order chi connectivity index (χ1) is 9.09. The van der Waals surface area contributed by atoms with Crippen molar-refractivity contribution >= 4 is 28.5 Å². The van der Waals surface area contributed by atoms with Crippen LogP contribution in [0.3, 0.4) is 0 Å². The Labute approximate surface area is 127 Å². The van der Waals surface area contributed by atoms with Crippen LogP contribution in [-0.2, 0) is 0 Å². The lowest BCUT2D eigenvalue weighted by Crippen LogP contribution is -2.38. The highest BCUT2D eigenvalue weighted by atomic mass is 127. The molecule has 0 aliphatic carbocycles. The van der Waals surface area contributed by atoms with E-state index in [0.717, 1.165) is 28.8 Å². The van der Waals surface area contributed by atoms with Gasteiger partial charge in [0.05, 0.1) is 5.56 Å². The molecule has 2 fully saturated rings. The number of aryl methyl sites for hydroxylation is 1. The summed E-state index contributed by atoms with van der Waals surface area (Å²) in [6.45, 7) is 7.27. The number of carbonyl (C=O) groups excluding carboxylic acids is 1. The zero-order valence-electron chi connectivity index (χ0n) is 11.3. The molecular weight excluding hydrogens is 351 g/mol. The van der Waals surface area contributed by atoms with Crippen LogP contribution in [-0.4, -0.2) is 36.5 Å². The Morgan fingerprint density at radius 3 is 2.95 bits per heavy atom. The third-order valence-electron chi connectivity index (χ3n) is 4.62. The molecule has 0 bridgehead atoms.